The summed E-state index contributed by atoms with van der Waals surface area (Å²) in [6.07, 6.45) is 2.59. The molecule has 1 aromatic carbocycles. The molecule has 0 radical (unpaired) electrons. The first-order valence-electron chi connectivity index (χ1n) is 4.98. The largest absolute Gasteiger partial charge is 0.360 e. The molecule has 0 aliphatic carbocycles. The summed E-state index contributed by atoms with van der Waals surface area (Å²) in [5.74, 6) is 0.148. The Morgan fingerprint density at radius 1 is 1.47 bits per heavy atom. The van der Waals surface area contributed by atoms with E-state index < -0.39 is 0 Å². The van der Waals surface area contributed by atoms with Crippen LogP contribution < -0.4 is 0 Å². The molecule has 1 N–H and O–H groups in total. The molecule has 2 nitrogen and oxygen atoms in total. The van der Waals surface area contributed by atoms with Crippen LogP contribution in [-0.4, -0.2) is 15.6 Å². The van der Waals surface area contributed by atoms with Gasteiger partial charge in [0.25, 0.3) is 0 Å². The van der Waals surface area contributed by atoms with Crippen molar-refractivity contribution in [3.8, 4) is 0 Å². The average Bonchev–Trinajstić information content (AvgIpc) is 2.70. The Morgan fingerprint density at radius 2 is 2.20 bits per heavy atom. The van der Waals surface area contributed by atoms with Crippen LogP contribution in [0, 0.1) is 0 Å². The highest BCUT2D eigenvalue weighted by atomic mass is 79.9. The van der Waals surface area contributed by atoms with E-state index in [0.29, 0.717) is 0 Å². The summed E-state index contributed by atoms with van der Waals surface area (Å²) in [5, 5.41) is 1.00. The summed E-state index contributed by atoms with van der Waals surface area (Å²) >= 11 is 3.39. The number of aromatic amines is 1. The predicted octanol–water partition coefficient (Wildman–Crippen LogP) is 3.52. The Morgan fingerprint density at radius 3 is 2.93 bits per heavy atom. The van der Waals surface area contributed by atoms with Crippen LogP contribution in [0.15, 0.2) is 30.5 Å². The number of ketones is 1. The van der Waals surface area contributed by atoms with E-state index in [1.54, 1.807) is 6.20 Å². The second-order valence-corrected chi connectivity index (χ2v) is 4.59. The van der Waals surface area contributed by atoms with E-state index in [1.807, 2.05) is 31.2 Å². The summed E-state index contributed by atoms with van der Waals surface area (Å²) in [6.45, 7) is 1.99. The fraction of sp³-hybridized carbons (Fsp3) is 0.250. The topological polar surface area (TPSA) is 32.9 Å². The van der Waals surface area contributed by atoms with Gasteiger partial charge in [-0.3, -0.25) is 4.79 Å². The summed E-state index contributed by atoms with van der Waals surface area (Å²) in [5.41, 5.74) is 1.78. The van der Waals surface area contributed by atoms with Gasteiger partial charge in [0.05, 0.1) is 4.83 Å². The number of fused-ring (bicyclic) bond motifs is 1. The minimum absolute atomic E-state index is 0.0864. The Hall–Kier alpha value is -1.09. The molecular formula is C12H12BrNO. The van der Waals surface area contributed by atoms with E-state index in [2.05, 4.69) is 20.9 Å². The molecule has 78 valence electrons. The number of H-pyrrole nitrogens is 1. The molecule has 2 aromatic rings. The fourth-order valence-corrected chi connectivity index (χ4v) is 1.88. The summed E-state index contributed by atoms with van der Waals surface area (Å²) in [6, 6.07) is 7.84. The maximum absolute atomic E-state index is 12.0. The van der Waals surface area contributed by atoms with Crippen LogP contribution in [-0.2, 0) is 0 Å². The number of carbonyl (C=O) groups is 1. The number of Topliss-reactive ketones (excluding diaryl/α,β-unsaturated/α-hetero) is 1. The summed E-state index contributed by atoms with van der Waals surface area (Å²) < 4.78 is 0. The Bertz CT molecular complexity index is 489. The van der Waals surface area contributed by atoms with E-state index in [4.69, 9.17) is 0 Å². The molecule has 1 unspecified atom stereocenters. The molecule has 2 rings (SSSR count). The van der Waals surface area contributed by atoms with Crippen molar-refractivity contribution in [3.05, 3.63) is 36.0 Å². The van der Waals surface area contributed by atoms with Gasteiger partial charge in [-0.1, -0.05) is 41.1 Å². The third-order valence-electron chi connectivity index (χ3n) is 2.50. The van der Waals surface area contributed by atoms with Gasteiger partial charge in [0.15, 0.2) is 5.78 Å². The van der Waals surface area contributed by atoms with Crippen molar-refractivity contribution in [2.45, 2.75) is 18.2 Å². The smallest absolute Gasteiger partial charge is 0.178 e. The van der Waals surface area contributed by atoms with Gasteiger partial charge in [0, 0.05) is 22.7 Å². The first-order valence-corrected chi connectivity index (χ1v) is 5.90. The van der Waals surface area contributed by atoms with Crippen molar-refractivity contribution in [1.29, 1.82) is 0 Å². The number of carbonyl (C=O) groups excluding carboxylic acids is 1. The SMILES string of the molecule is CCC(Br)C(=O)c1c[nH]c2ccccc12. The highest BCUT2D eigenvalue weighted by molar-refractivity contribution is 9.10. The van der Waals surface area contributed by atoms with Crippen LogP contribution in [0.2, 0.25) is 0 Å². The van der Waals surface area contributed by atoms with E-state index in [0.717, 1.165) is 22.9 Å². The second-order valence-electron chi connectivity index (χ2n) is 3.49. The van der Waals surface area contributed by atoms with Gasteiger partial charge in [-0.2, -0.15) is 0 Å². The minimum Gasteiger partial charge on any atom is -0.360 e. The molecule has 0 aliphatic rings. The summed E-state index contributed by atoms with van der Waals surface area (Å²) in [7, 11) is 0. The number of hydrogen-bond acceptors (Lipinski definition) is 1. The van der Waals surface area contributed by atoms with Crippen LogP contribution in [0.25, 0.3) is 10.9 Å². The molecule has 0 spiro atoms. The molecule has 3 heteroatoms. The molecule has 0 aliphatic heterocycles. The zero-order valence-corrected chi connectivity index (χ0v) is 10.0. The van der Waals surface area contributed by atoms with Crippen LogP contribution in [0.5, 0.6) is 0 Å². The number of halogens is 1. The number of aromatic nitrogens is 1. The van der Waals surface area contributed by atoms with Crippen molar-refractivity contribution in [1.82, 2.24) is 4.98 Å². The highest BCUT2D eigenvalue weighted by Gasteiger charge is 2.17. The van der Waals surface area contributed by atoms with Crippen LogP contribution in [0.3, 0.4) is 0 Å². The standard InChI is InChI=1S/C12H12BrNO/c1-2-10(13)12(15)9-7-14-11-6-4-3-5-8(9)11/h3-7,10,14H,2H2,1H3. The van der Waals surface area contributed by atoms with Crippen molar-refractivity contribution in [2.24, 2.45) is 0 Å². The van der Waals surface area contributed by atoms with Gasteiger partial charge in [-0.15, -0.1) is 0 Å². The number of hydrogen-bond donors (Lipinski definition) is 1. The maximum atomic E-state index is 12.0. The predicted molar refractivity (Wildman–Crippen MR) is 65.6 cm³/mol. The van der Waals surface area contributed by atoms with Gasteiger partial charge in [-0.25, -0.2) is 0 Å². The molecule has 0 saturated carbocycles. The third-order valence-corrected chi connectivity index (χ3v) is 3.56. The molecule has 0 fully saturated rings. The zero-order chi connectivity index (χ0) is 10.8. The molecule has 1 atom stereocenters. The minimum atomic E-state index is -0.0864. The lowest BCUT2D eigenvalue weighted by atomic mass is 10.1. The van der Waals surface area contributed by atoms with Crippen molar-refractivity contribution in [2.75, 3.05) is 0 Å². The quantitative estimate of drug-likeness (QED) is 0.669. The summed E-state index contributed by atoms with van der Waals surface area (Å²) in [4.78, 5) is 15.0. The number of nitrogens with one attached hydrogen (secondary N) is 1. The number of alkyl halides is 1. The fourth-order valence-electron chi connectivity index (χ4n) is 1.63. The zero-order valence-electron chi connectivity index (χ0n) is 8.46. The first kappa shape index (κ1) is 10.4. The number of benzene rings is 1. The highest BCUT2D eigenvalue weighted by Crippen LogP contribution is 2.22. The monoisotopic (exact) mass is 265 g/mol. The molecule has 0 saturated heterocycles. The molecular weight excluding hydrogens is 254 g/mol. The van der Waals surface area contributed by atoms with E-state index in [1.165, 1.54) is 0 Å². The normalized spacial score (nSPS) is 12.9. The average molecular weight is 266 g/mol. The molecule has 15 heavy (non-hydrogen) atoms. The van der Waals surface area contributed by atoms with Gasteiger partial charge in [-0.05, 0) is 12.5 Å². The lowest BCUT2D eigenvalue weighted by Gasteiger charge is -2.03. The van der Waals surface area contributed by atoms with Crippen LogP contribution >= 0.6 is 15.9 Å². The van der Waals surface area contributed by atoms with Gasteiger partial charge >= 0.3 is 0 Å². The Balaban J connectivity index is 2.48. The van der Waals surface area contributed by atoms with Crippen molar-refractivity contribution in [3.63, 3.8) is 0 Å². The Kier molecular flexibility index (Phi) is 2.91. The van der Waals surface area contributed by atoms with E-state index in [9.17, 15) is 4.79 Å². The van der Waals surface area contributed by atoms with Crippen molar-refractivity contribution < 1.29 is 4.79 Å². The molecule has 0 amide bonds. The molecule has 1 aromatic heterocycles. The molecule has 1 heterocycles. The number of para-hydroxylation sites is 1. The van der Waals surface area contributed by atoms with Crippen LogP contribution in [0.4, 0.5) is 0 Å². The first-order chi connectivity index (χ1) is 7.24. The van der Waals surface area contributed by atoms with E-state index in [-0.39, 0.29) is 10.6 Å². The third kappa shape index (κ3) is 1.84. The van der Waals surface area contributed by atoms with Gasteiger partial charge in [0.1, 0.15) is 0 Å². The van der Waals surface area contributed by atoms with Gasteiger partial charge in [0.2, 0.25) is 0 Å². The van der Waals surface area contributed by atoms with Crippen molar-refractivity contribution >= 4 is 32.6 Å². The maximum Gasteiger partial charge on any atom is 0.178 e. The second kappa shape index (κ2) is 4.19. The van der Waals surface area contributed by atoms with Crippen LogP contribution in [0.1, 0.15) is 23.7 Å². The van der Waals surface area contributed by atoms with Gasteiger partial charge < -0.3 is 4.98 Å². The van der Waals surface area contributed by atoms with E-state index >= 15 is 0 Å². The Labute approximate surface area is 96.8 Å². The number of rotatable bonds is 3. The lowest BCUT2D eigenvalue weighted by molar-refractivity contribution is 0.0992. The molecule has 0 bridgehead atoms. The lowest BCUT2D eigenvalue weighted by Crippen LogP contribution is -2.12.